The molecular weight excluding hydrogens is 817 g/mol. The Morgan fingerprint density at radius 1 is 0.288 bits per heavy atom. The zero-order chi connectivity index (χ0) is 47.9. The summed E-state index contributed by atoms with van der Waals surface area (Å²) in [4.78, 5) is 38.2. The predicted octanol–water partition coefficient (Wildman–Crippen LogP) is 19.7. The molecule has 0 aromatic heterocycles. The Morgan fingerprint density at radius 3 is 0.758 bits per heavy atom. The van der Waals surface area contributed by atoms with E-state index in [4.69, 9.17) is 14.2 Å². The van der Waals surface area contributed by atoms with Gasteiger partial charge in [-0.15, -0.1) is 0 Å². The number of ether oxygens (including phenoxy) is 3. The van der Waals surface area contributed by atoms with Gasteiger partial charge >= 0.3 is 17.9 Å². The van der Waals surface area contributed by atoms with Crippen molar-refractivity contribution in [2.24, 2.45) is 0 Å². The first-order chi connectivity index (χ1) is 32.5. The largest absolute Gasteiger partial charge is 0.462 e. The molecule has 0 saturated heterocycles. The van der Waals surface area contributed by atoms with Crippen LogP contribution in [0.5, 0.6) is 0 Å². The van der Waals surface area contributed by atoms with Crippen molar-refractivity contribution in [2.75, 3.05) is 13.2 Å². The summed E-state index contributed by atoms with van der Waals surface area (Å²) in [6.07, 6.45) is 63.4. The van der Waals surface area contributed by atoms with Crippen LogP contribution >= 0.6 is 0 Å². The highest BCUT2D eigenvalue weighted by Crippen LogP contribution is 2.17. The maximum absolute atomic E-state index is 12.8. The minimum atomic E-state index is -0.766. The van der Waals surface area contributed by atoms with Gasteiger partial charge in [0.1, 0.15) is 13.2 Å². The van der Waals surface area contributed by atoms with E-state index in [1.807, 2.05) is 0 Å². The van der Waals surface area contributed by atoms with Crippen LogP contribution in [0.25, 0.3) is 0 Å². The number of esters is 3. The van der Waals surface area contributed by atoms with Gasteiger partial charge in [-0.25, -0.2) is 0 Å². The van der Waals surface area contributed by atoms with E-state index in [0.717, 1.165) is 57.8 Å². The summed E-state index contributed by atoms with van der Waals surface area (Å²) >= 11 is 0. The van der Waals surface area contributed by atoms with Gasteiger partial charge < -0.3 is 14.2 Å². The summed E-state index contributed by atoms with van der Waals surface area (Å²) < 4.78 is 16.9. The Kier molecular flexibility index (Phi) is 54.2. The second kappa shape index (κ2) is 55.7. The number of hydrogen-bond acceptors (Lipinski definition) is 6. The molecule has 0 aliphatic carbocycles. The number of carbonyl (C=O) groups excluding carboxylic acids is 3. The van der Waals surface area contributed by atoms with Crippen LogP contribution in [-0.2, 0) is 28.6 Å². The fourth-order valence-corrected chi connectivity index (χ4v) is 9.03. The highest BCUT2D eigenvalue weighted by atomic mass is 16.6. The van der Waals surface area contributed by atoms with Crippen LogP contribution in [0.15, 0.2) is 12.2 Å². The van der Waals surface area contributed by atoms with Gasteiger partial charge in [0.15, 0.2) is 6.10 Å². The third kappa shape index (κ3) is 53.1. The molecule has 6 heteroatoms. The number of unbranched alkanes of at least 4 members (excludes halogenated alkanes) is 42. The Morgan fingerprint density at radius 2 is 0.500 bits per heavy atom. The lowest BCUT2D eigenvalue weighted by atomic mass is 10.0. The molecule has 0 fully saturated rings. The van der Waals surface area contributed by atoms with Gasteiger partial charge in [0, 0.05) is 19.3 Å². The SMILES string of the molecule is CCCCCCCCCC/C=C\CCCCCCCCCC(=O)OCC(COC(=O)CCCCCCCCCCCCCCCC)OC(=O)CCCCCCCCCCCCCCCCC. The predicted molar refractivity (Wildman–Crippen MR) is 284 cm³/mol. The molecule has 0 N–H and O–H groups in total. The van der Waals surface area contributed by atoms with E-state index in [9.17, 15) is 14.4 Å². The normalized spacial score (nSPS) is 12.0. The molecule has 0 amide bonds. The average Bonchev–Trinajstić information content (AvgIpc) is 3.31. The molecule has 0 rings (SSSR count). The molecule has 0 aromatic rings. The fourth-order valence-electron chi connectivity index (χ4n) is 9.03. The smallest absolute Gasteiger partial charge is 0.306 e. The molecule has 0 aliphatic rings. The van der Waals surface area contributed by atoms with E-state index < -0.39 is 6.10 Å². The summed E-state index contributed by atoms with van der Waals surface area (Å²) in [6, 6.07) is 0. The van der Waals surface area contributed by atoms with Crippen molar-refractivity contribution in [1.82, 2.24) is 0 Å². The van der Waals surface area contributed by atoms with Crippen LogP contribution in [0.4, 0.5) is 0 Å². The van der Waals surface area contributed by atoms with Crippen molar-refractivity contribution in [1.29, 1.82) is 0 Å². The standard InChI is InChI=1S/C60H114O6/c1-4-7-10-13-16-19-22-25-28-29-30-31-33-35-38-41-44-47-50-53-59(62)65-56-57(55-64-58(61)52-49-46-43-40-37-34-27-24-21-18-15-12-9-6-3)66-60(63)54-51-48-45-42-39-36-32-26-23-20-17-14-11-8-5-2/h29-30,57H,4-28,31-56H2,1-3H3/b30-29-. The lowest BCUT2D eigenvalue weighted by Gasteiger charge is -2.18. The Balaban J connectivity index is 4.30. The minimum Gasteiger partial charge on any atom is -0.462 e. The second-order valence-electron chi connectivity index (χ2n) is 20.3. The third-order valence-corrected chi connectivity index (χ3v) is 13.5. The van der Waals surface area contributed by atoms with Crippen LogP contribution in [0.2, 0.25) is 0 Å². The first-order valence-electron chi connectivity index (χ1n) is 29.7. The van der Waals surface area contributed by atoms with Crippen molar-refractivity contribution >= 4 is 17.9 Å². The summed E-state index contributed by atoms with van der Waals surface area (Å²) in [5.74, 6) is -0.844. The molecule has 0 bridgehead atoms. The molecular formula is C60H114O6. The van der Waals surface area contributed by atoms with E-state index in [1.165, 1.54) is 238 Å². The minimum absolute atomic E-state index is 0.0651. The van der Waals surface area contributed by atoms with Crippen LogP contribution in [0.1, 0.15) is 335 Å². The lowest BCUT2D eigenvalue weighted by molar-refractivity contribution is -0.167. The molecule has 0 spiro atoms. The number of rotatable bonds is 55. The van der Waals surface area contributed by atoms with E-state index in [-0.39, 0.29) is 31.1 Å². The summed E-state index contributed by atoms with van der Waals surface area (Å²) in [7, 11) is 0. The molecule has 0 aromatic carbocycles. The van der Waals surface area contributed by atoms with Crippen LogP contribution in [0.3, 0.4) is 0 Å². The van der Waals surface area contributed by atoms with Crippen LogP contribution in [-0.4, -0.2) is 37.2 Å². The zero-order valence-electron chi connectivity index (χ0n) is 44.7. The third-order valence-electron chi connectivity index (χ3n) is 13.5. The zero-order valence-corrected chi connectivity index (χ0v) is 44.7. The van der Waals surface area contributed by atoms with Gasteiger partial charge in [0.25, 0.3) is 0 Å². The topological polar surface area (TPSA) is 78.9 Å². The van der Waals surface area contributed by atoms with Crippen LogP contribution < -0.4 is 0 Å². The molecule has 0 radical (unpaired) electrons. The molecule has 0 heterocycles. The second-order valence-corrected chi connectivity index (χ2v) is 20.3. The number of hydrogen-bond donors (Lipinski definition) is 0. The van der Waals surface area contributed by atoms with Gasteiger partial charge in [0.05, 0.1) is 0 Å². The van der Waals surface area contributed by atoms with Crippen molar-refractivity contribution in [2.45, 2.75) is 341 Å². The quantitative estimate of drug-likeness (QED) is 0.0262. The monoisotopic (exact) mass is 931 g/mol. The van der Waals surface area contributed by atoms with E-state index in [0.29, 0.717) is 19.3 Å². The van der Waals surface area contributed by atoms with Crippen molar-refractivity contribution in [3.8, 4) is 0 Å². The fraction of sp³-hybridized carbons (Fsp3) is 0.917. The van der Waals surface area contributed by atoms with Crippen LogP contribution in [0, 0.1) is 0 Å². The summed E-state index contributed by atoms with van der Waals surface area (Å²) in [5, 5.41) is 0. The molecule has 0 aliphatic heterocycles. The van der Waals surface area contributed by atoms with Crippen molar-refractivity contribution in [3.05, 3.63) is 12.2 Å². The molecule has 390 valence electrons. The molecule has 66 heavy (non-hydrogen) atoms. The van der Waals surface area contributed by atoms with E-state index in [1.54, 1.807) is 0 Å². The first-order valence-corrected chi connectivity index (χ1v) is 29.7. The van der Waals surface area contributed by atoms with E-state index >= 15 is 0 Å². The summed E-state index contributed by atoms with van der Waals surface area (Å²) in [5.41, 5.74) is 0. The first kappa shape index (κ1) is 64.2. The Bertz CT molecular complexity index is 1020. The van der Waals surface area contributed by atoms with Gasteiger partial charge in [-0.05, 0) is 44.9 Å². The number of carbonyl (C=O) groups is 3. The average molecular weight is 932 g/mol. The molecule has 1 unspecified atom stereocenters. The molecule has 1 atom stereocenters. The Labute approximate surface area is 411 Å². The maximum atomic E-state index is 12.8. The Hall–Kier alpha value is -1.85. The van der Waals surface area contributed by atoms with Gasteiger partial charge in [-0.1, -0.05) is 283 Å². The highest BCUT2D eigenvalue weighted by molar-refractivity contribution is 5.71. The van der Waals surface area contributed by atoms with Gasteiger partial charge in [0.2, 0.25) is 0 Å². The maximum Gasteiger partial charge on any atom is 0.306 e. The molecule has 0 saturated carbocycles. The number of allylic oxidation sites excluding steroid dienone is 2. The lowest BCUT2D eigenvalue weighted by Crippen LogP contribution is -2.30. The molecule has 6 nitrogen and oxygen atoms in total. The van der Waals surface area contributed by atoms with Gasteiger partial charge in [-0.2, -0.15) is 0 Å². The summed E-state index contributed by atoms with van der Waals surface area (Å²) in [6.45, 7) is 6.70. The van der Waals surface area contributed by atoms with Gasteiger partial charge in [-0.3, -0.25) is 14.4 Å². The van der Waals surface area contributed by atoms with Crippen molar-refractivity contribution in [3.63, 3.8) is 0 Å². The van der Waals surface area contributed by atoms with E-state index in [2.05, 4.69) is 32.9 Å². The highest BCUT2D eigenvalue weighted by Gasteiger charge is 2.19. The van der Waals surface area contributed by atoms with Crippen molar-refractivity contribution < 1.29 is 28.6 Å².